The summed E-state index contributed by atoms with van der Waals surface area (Å²) < 4.78 is 0. The van der Waals surface area contributed by atoms with E-state index in [4.69, 9.17) is 5.73 Å². The molecule has 7 heteroatoms. The largest absolute Gasteiger partial charge is 0.481 e. The van der Waals surface area contributed by atoms with Crippen molar-refractivity contribution in [3.63, 3.8) is 0 Å². The van der Waals surface area contributed by atoms with E-state index in [2.05, 4.69) is 10.3 Å². The third-order valence-electron chi connectivity index (χ3n) is 3.14. The lowest BCUT2D eigenvalue weighted by Crippen LogP contribution is -2.36. The number of nitrogens with two attached hydrogens (primary N) is 1. The van der Waals surface area contributed by atoms with Crippen LogP contribution < -0.4 is 11.1 Å². The Labute approximate surface area is 109 Å². The summed E-state index contributed by atoms with van der Waals surface area (Å²) in [7, 11) is 0. The number of aliphatic carboxylic acids is 1. The van der Waals surface area contributed by atoms with Crippen LogP contribution in [0.1, 0.15) is 37.2 Å². The number of carboxylic acids is 1. The first kappa shape index (κ1) is 14.4. The zero-order valence-electron chi connectivity index (χ0n) is 10.4. The van der Waals surface area contributed by atoms with Gasteiger partial charge in [0, 0.05) is 11.9 Å². The summed E-state index contributed by atoms with van der Waals surface area (Å²) in [5.74, 6) is -1.42. The second-order valence-corrected chi connectivity index (χ2v) is 4.91. The van der Waals surface area contributed by atoms with Crippen LogP contribution in [0.25, 0.3) is 0 Å². The molecule has 18 heavy (non-hydrogen) atoms. The summed E-state index contributed by atoms with van der Waals surface area (Å²) in [5, 5.41) is 14.3. The number of nitrogens with one attached hydrogen (secondary N) is 1. The summed E-state index contributed by atoms with van der Waals surface area (Å²) in [6, 6.07) is 0. The van der Waals surface area contributed by atoms with Gasteiger partial charge in [0.05, 0.1) is 5.41 Å². The minimum absolute atomic E-state index is 0.191. The molecule has 0 aliphatic carbocycles. The van der Waals surface area contributed by atoms with Crippen LogP contribution in [0.4, 0.5) is 5.13 Å². The minimum Gasteiger partial charge on any atom is -0.481 e. The van der Waals surface area contributed by atoms with Gasteiger partial charge in [-0.25, -0.2) is 4.98 Å². The monoisotopic (exact) mass is 271 g/mol. The van der Waals surface area contributed by atoms with Crippen LogP contribution in [0, 0.1) is 5.41 Å². The van der Waals surface area contributed by atoms with Gasteiger partial charge in [0.25, 0.3) is 5.91 Å². The van der Waals surface area contributed by atoms with E-state index in [9.17, 15) is 14.7 Å². The predicted molar refractivity (Wildman–Crippen MR) is 69.8 cm³/mol. The number of primary amides is 1. The van der Waals surface area contributed by atoms with E-state index in [1.807, 2.05) is 13.8 Å². The van der Waals surface area contributed by atoms with E-state index < -0.39 is 17.3 Å². The second kappa shape index (κ2) is 5.81. The Morgan fingerprint density at radius 2 is 2.11 bits per heavy atom. The van der Waals surface area contributed by atoms with Gasteiger partial charge in [0.2, 0.25) is 0 Å². The molecule has 0 saturated carbocycles. The number of hydrogen-bond donors (Lipinski definition) is 3. The lowest BCUT2D eigenvalue weighted by molar-refractivity contribution is -0.148. The van der Waals surface area contributed by atoms with Crippen molar-refractivity contribution in [2.45, 2.75) is 26.7 Å². The maximum atomic E-state index is 11.3. The molecule has 0 aliphatic rings. The molecule has 1 aromatic heterocycles. The maximum absolute atomic E-state index is 11.3. The van der Waals surface area contributed by atoms with Crippen LogP contribution in [-0.2, 0) is 4.79 Å². The molecule has 100 valence electrons. The first-order chi connectivity index (χ1) is 8.45. The molecule has 0 bridgehead atoms. The summed E-state index contributed by atoms with van der Waals surface area (Å²) in [6.07, 6.45) is 1.06. The van der Waals surface area contributed by atoms with Crippen molar-refractivity contribution >= 4 is 28.3 Å². The molecule has 0 unspecified atom stereocenters. The van der Waals surface area contributed by atoms with E-state index in [0.29, 0.717) is 18.0 Å². The minimum atomic E-state index is -0.827. The molecule has 1 aromatic rings. The summed E-state index contributed by atoms with van der Waals surface area (Å²) >= 11 is 1.24. The average Bonchev–Trinajstić information content (AvgIpc) is 2.79. The van der Waals surface area contributed by atoms with Crippen LogP contribution in [0.3, 0.4) is 0 Å². The Balaban J connectivity index is 2.73. The lowest BCUT2D eigenvalue weighted by atomic mass is 9.82. The fourth-order valence-electron chi connectivity index (χ4n) is 1.59. The molecule has 1 heterocycles. The third kappa shape index (κ3) is 2.98. The molecular weight excluding hydrogens is 254 g/mol. The number of nitrogens with zero attached hydrogens (tertiary/aromatic N) is 1. The number of carbonyl (C=O) groups is 2. The van der Waals surface area contributed by atoms with Gasteiger partial charge in [0.15, 0.2) is 5.13 Å². The molecule has 0 saturated heterocycles. The van der Waals surface area contributed by atoms with Gasteiger partial charge in [-0.15, -0.1) is 11.3 Å². The van der Waals surface area contributed by atoms with Crippen LogP contribution in [0.5, 0.6) is 0 Å². The summed E-state index contributed by atoms with van der Waals surface area (Å²) in [4.78, 5) is 26.1. The molecule has 0 spiro atoms. The van der Waals surface area contributed by atoms with Crippen molar-refractivity contribution in [1.82, 2.24) is 4.98 Å². The first-order valence-electron chi connectivity index (χ1n) is 5.67. The zero-order valence-corrected chi connectivity index (χ0v) is 11.2. The highest BCUT2D eigenvalue weighted by atomic mass is 32.1. The molecule has 0 atom stereocenters. The Morgan fingerprint density at radius 1 is 1.50 bits per heavy atom. The van der Waals surface area contributed by atoms with Crippen molar-refractivity contribution in [2.75, 3.05) is 11.9 Å². The van der Waals surface area contributed by atoms with Crippen LogP contribution >= 0.6 is 11.3 Å². The van der Waals surface area contributed by atoms with Gasteiger partial charge in [0.1, 0.15) is 5.69 Å². The van der Waals surface area contributed by atoms with E-state index in [1.165, 1.54) is 11.3 Å². The van der Waals surface area contributed by atoms with Crippen LogP contribution in [-0.4, -0.2) is 28.5 Å². The zero-order chi connectivity index (χ0) is 13.8. The molecule has 1 rings (SSSR count). The van der Waals surface area contributed by atoms with E-state index in [0.717, 1.165) is 0 Å². The van der Waals surface area contributed by atoms with Crippen molar-refractivity contribution in [3.05, 3.63) is 11.1 Å². The van der Waals surface area contributed by atoms with Crippen molar-refractivity contribution in [2.24, 2.45) is 11.1 Å². The molecule has 1 amide bonds. The fourth-order valence-corrected chi connectivity index (χ4v) is 2.29. The standard InChI is InChI=1S/C11H17N3O3S/c1-3-11(4-2,9(16)17)6-13-10-14-7(5-18-10)8(12)15/h5H,3-4,6H2,1-2H3,(H2,12,15)(H,13,14)(H,16,17). The number of hydrogen-bond acceptors (Lipinski definition) is 5. The van der Waals surface area contributed by atoms with Gasteiger partial charge in [-0.2, -0.15) is 0 Å². The Morgan fingerprint density at radius 3 is 2.50 bits per heavy atom. The molecule has 0 aromatic carbocycles. The Bertz CT molecular complexity index is 440. The predicted octanol–water partition coefficient (Wildman–Crippen LogP) is 1.54. The number of rotatable bonds is 7. The quantitative estimate of drug-likeness (QED) is 0.697. The number of carbonyl (C=O) groups excluding carboxylic acids is 1. The highest BCUT2D eigenvalue weighted by Gasteiger charge is 2.34. The van der Waals surface area contributed by atoms with E-state index >= 15 is 0 Å². The fraction of sp³-hybridized carbons (Fsp3) is 0.545. The van der Waals surface area contributed by atoms with Gasteiger partial charge in [-0.3, -0.25) is 9.59 Å². The molecule has 0 fully saturated rings. The lowest BCUT2D eigenvalue weighted by Gasteiger charge is -2.26. The number of thiazole rings is 1. The molecule has 4 N–H and O–H groups in total. The van der Waals surface area contributed by atoms with Gasteiger partial charge in [-0.05, 0) is 12.8 Å². The second-order valence-electron chi connectivity index (χ2n) is 4.05. The van der Waals surface area contributed by atoms with Gasteiger partial charge >= 0.3 is 5.97 Å². The maximum Gasteiger partial charge on any atom is 0.311 e. The topological polar surface area (TPSA) is 105 Å². The average molecular weight is 271 g/mol. The van der Waals surface area contributed by atoms with Crippen molar-refractivity contribution in [3.8, 4) is 0 Å². The first-order valence-corrected chi connectivity index (χ1v) is 6.55. The number of aromatic nitrogens is 1. The van der Waals surface area contributed by atoms with Crippen molar-refractivity contribution < 1.29 is 14.7 Å². The SMILES string of the molecule is CCC(CC)(CNc1nc(C(N)=O)cs1)C(=O)O. The normalized spacial score (nSPS) is 11.2. The Hall–Kier alpha value is -1.63. The summed E-state index contributed by atoms with van der Waals surface area (Å²) in [6.45, 7) is 3.97. The van der Waals surface area contributed by atoms with Crippen LogP contribution in [0.15, 0.2) is 5.38 Å². The molecule has 6 nitrogen and oxygen atoms in total. The number of amides is 1. The van der Waals surface area contributed by atoms with Gasteiger partial charge < -0.3 is 16.2 Å². The van der Waals surface area contributed by atoms with E-state index in [1.54, 1.807) is 5.38 Å². The van der Waals surface area contributed by atoms with Gasteiger partial charge in [-0.1, -0.05) is 13.8 Å². The number of carboxylic acid groups (broad SMARTS) is 1. The summed E-state index contributed by atoms with van der Waals surface area (Å²) in [5.41, 5.74) is 4.48. The number of anilines is 1. The third-order valence-corrected chi connectivity index (χ3v) is 3.94. The smallest absolute Gasteiger partial charge is 0.311 e. The molecule has 0 radical (unpaired) electrons. The highest BCUT2D eigenvalue weighted by Crippen LogP contribution is 2.28. The molecular formula is C11H17N3O3S. The van der Waals surface area contributed by atoms with Crippen molar-refractivity contribution in [1.29, 1.82) is 0 Å². The molecule has 0 aliphatic heterocycles. The van der Waals surface area contributed by atoms with Crippen LogP contribution in [0.2, 0.25) is 0 Å². The Kier molecular flexibility index (Phi) is 4.66. The highest BCUT2D eigenvalue weighted by molar-refractivity contribution is 7.13. The van der Waals surface area contributed by atoms with E-state index in [-0.39, 0.29) is 12.2 Å².